The molecule has 5 rings (SSSR count). The first-order chi connectivity index (χ1) is 21.9. The summed E-state index contributed by atoms with van der Waals surface area (Å²) in [6, 6.07) is 21.8. The molecule has 0 aliphatic rings. The van der Waals surface area contributed by atoms with Gasteiger partial charge in [0.25, 0.3) is 5.91 Å². The van der Waals surface area contributed by atoms with Crippen molar-refractivity contribution in [3.8, 4) is 45.5 Å². The van der Waals surface area contributed by atoms with Crippen LogP contribution in [0.1, 0.15) is 34.0 Å². The van der Waals surface area contributed by atoms with E-state index in [4.69, 9.17) is 19.3 Å². The lowest BCUT2D eigenvalue weighted by molar-refractivity contribution is -0.137. The minimum atomic E-state index is -4.50. The second-order valence-corrected chi connectivity index (χ2v) is 10.5. The second kappa shape index (κ2) is 12.8. The van der Waals surface area contributed by atoms with Crippen LogP contribution in [0.2, 0.25) is 0 Å². The molecule has 0 saturated carbocycles. The lowest BCUT2D eigenvalue weighted by Gasteiger charge is -2.13. The number of rotatable bonds is 8. The average molecular weight is 630 g/mol. The predicted octanol–water partition coefficient (Wildman–Crippen LogP) is 8.04. The fourth-order valence-electron chi connectivity index (χ4n) is 5.02. The number of nitrogens with zero attached hydrogens (tertiary/aromatic N) is 2. The van der Waals surface area contributed by atoms with Gasteiger partial charge in [-0.2, -0.15) is 23.0 Å². The minimum Gasteiger partial charge on any atom is -0.497 e. The highest BCUT2D eigenvalue weighted by Crippen LogP contribution is 2.45. The molecule has 46 heavy (non-hydrogen) atoms. The summed E-state index contributed by atoms with van der Waals surface area (Å²) in [5.74, 6) is 0.0908. The highest BCUT2D eigenvalue weighted by Gasteiger charge is 2.30. The van der Waals surface area contributed by atoms with Crippen LogP contribution < -0.4 is 19.5 Å². The van der Waals surface area contributed by atoms with E-state index in [2.05, 4.69) is 5.32 Å². The predicted molar refractivity (Wildman–Crippen MR) is 168 cm³/mol. The molecule has 5 aromatic rings. The Morgan fingerprint density at radius 2 is 1.54 bits per heavy atom. The maximum absolute atomic E-state index is 12.9. The van der Waals surface area contributed by atoms with Gasteiger partial charge in [0.15, 0.2) is 0 Å². The van der Waals surface area contributed by atoms with Gasteiger partial charge in [-0.3, -0.25) is 9.59 Å². The molecular formula is C35H30F3N3O5. The number of esters is 1. The number of carbonyl (C=O) groups excluding carboxylic acids is 2. The van der Waals surface area contributed by atoms with Crippen LogP contribution in [0.5, 0.6) is 17.4 Å². The zero-order valence-electron chi connectivity index (χ0n) is 25.7. The van der Waals surface area contributed by atoms with Gasteiger partial charge < -0.3 is 19.5 Å². The summed E-state index contributed by atoms with van der Waals surface area (Å²) in [7, 11) is 3.08. The second-order valence-electron chi connectivity index (χ2n) is 10.5. The standard InChI is InChI=1S/C35H30F3N3O5/c1-20-6-17-29(21(2)18-20)41-34(46-22(3)42)31(32(40-41)28-16-15-27(44-4)19-30(28)45-5)23-9-13-26(14-10-23)39-33(43)24-7-11-25(12-8-24)35(36,37)38/h6-19H,1-5H3,(H,39,43). The lowest BCUT2D eigenvalue weighted by atomic mass is 10.00. The molecule has 0 bridgehead atoms. The van der Waals surface area contributed by atoms with Crippen molar-refractivity contribution in [1.29, 1.82) is 0 Å². The topological polar surface area (TPSA) is 91.7 Å². The number of hydrogen-bond donors (Lipinski definition) is 1. The van der Waals surface area contributed by atoms with Crippen LogP contribution >= 0.6 is 0 Å². The number of carbonyl (C=O) groups is 2. The Morgan fingerprint density at radius 3 is 2.13 bits per heavy atom. The largest absolute Gasteiger partial charge is 0.497 e. The molecule has 0 unspecified atom stereocenters. The van der Waals surface area contributed by atoms with E-state index < -0.39 is 23.6 Å². The first kappa shape index (κ1) is 31.8. The van der Waals surface area contributed by atoms with E-state index in [1.807, 2.05) is 32.0 Å². The zero-order chi connectivity index (χ0) is 33.2. The van der Waals surface area contributed by atoms with Crippen molar-refractivity contribution >= 4 is 17.6 Å². The summed E-state index contributed by atoms with van der Waals surface area (Å²) in [5, 5.41) is 7.64. The number of amides is 1. The Bertz CT molecular complexity index is 1910. The van der Waals surface area contributed by atoms with Crippen molar-refractivity contribution in [2.75, 3.05) is 19.5 Å². The lowest BCUT2D eigenvalue weighted by Crippen LogP contribution is -2.12. The molecule has 4 aromatic carbocycles. The number of benzene rings is 4. The Hall–Kier alpha value is -5.58. The third kappa shape index (κ3) is 6.58. The van der Waals surface area contributed by atoms with Gasteiger partial charge >= 0.3 is 12.1 Å². The Morgan fingerprint density at radius 1 is 0.848 bits per heavy atom. The minimum absolute atomic E-state index is 0.0675. The summed E-state index contributed by atoms with van der Waals surface area (Å²) in [6.45, 7) is 5.21. The number of methoxy groups -OCH3 is 2. The third-order valence-electron chi connectivity index (χ3n) is 7.23. The number of halogens is 3. The Labute approximate surface area is 263 Å². The highest BCUT2D eigenvalue weighted by atomic mass is 19.4. The van der Waals surface area contributed by atoms with Gasteiger partial charge in [0.05, 0.1) is 31.0 Å². The van der Waals surface area contributed by atoms with Crippen LogP contribution in [0.25, 0.3) is 28.1 Å². The fourth-order valence-corrected chi connectivity index (χ4v) is 5.02. The van der Waals surface area contributed by atoms with E-state index in [1.54, 1.807) is 54.3 Å². The first-order valence-electron chi connectivity index (χ1n) is 14.1. The van der Waals surface area contributed by atoms with Crippen LogP contribution in [-0.2, 0) is 11.0 Å². The van der Waals surface area contributed by atoms with Crippen LogP contribution in [0.3, 0.4) is 0 Å². The summed E-state index contributed by atoms with van der Waals surface area (Å²) in [4.78, 5) is 25.2. The summed E-state index contributed by atoms with van der Waals surface area (Å²) in [5.41, 5.74) is 4.42. The van der Waals surface area contributed by atoms with Gasteiger partial charge in [-0.05, 0) is 79.6 Å². The summed E-state index contributed by atoms with van der Waals surface area (Å²) in [6.07, 6.45) is -4.50. The van der Waals surface area contributed by atoms with Crippen molar-refractivity contribution in [3.63, 3.8) is 0 Å². The van der Waals surface area contributed by atoms with E-state index in [0.717, 1.165) is 35.4 Å². The van der Waals surface area contributed by atoms with Gasteiger partial charge in [-0.25, -0.2) is 0 Å². The number of aromatic nitrogens is 2. The maximum atomic E-state index is 12.9. The molecule has 11 heteroatoms. The van der Waals surface area contributed by atoms with E-state index >= 15 is 0 Å². The zero-order valence-corrected chi connectivity index (χ0v) is 25.7. The van der Waals surface area contributed by atoms with Crippen LogP contribution in [-0.4, -0.2) is 35.9 Å². The fraction of sp³-hybridized carbons (Fsp3) is 0.171. The summed E-state index contributed by atoms with van der Waals surface area (Å²) >= 11 is 0. The SMILES string of the molecule is COc1ccc(-c2nn(-c3ccc(C)cc3C)c(OC(C)=O)c2-c2ccc(NC(=O)c3ccc(C(F)(F)F)cc3)cc2)c(OC)c1. The Kier molecular flexibility index (Phi) is 8.86. The molecule has 1 heterocycles. The molecule has 0 radical (unpaired) electrons. The van der Waals surface area contributed by atoms with Gasteiger partial charge in [-0.15, -0.1) is 0 Å². The van der Waals surface area contributed by atoms with Crippen molar-refractivity contribution < 1.29 is 37.0 Å². The van der Waals surface area contributed by atoms with Crippen molar-refractivity contribution in [2.24, 2.45) is 0 Å². The molecule has 0 fully saturated rings. The molecule has 0 spiro atoms. The average Bonchev–Trinajstić information content (AvgIpc) is 3.38. The van der Waals surface area contributed by atoms with E-state index in [-0.39, 0.29) is 11.4 Å². The smallest absolute Gasteiger partial charge is 0.416 e. The van der Waals surface area contributed by atoms with Gasteiger partial charge in [0.2, 0.25) is 5.88 Å². The van der Waals surface area contributed by atoms with Crippen LogP contribution in [0.15, 0.2) is 84.9 Å². The molecule has 1 aromatic heterocycles. The number of nitrogens with one attached hydrogen (secondary N) is 1. The highest BCUT2D eigenvalue weighted by molar-refractivity contribution is 6.04. The van der Waals surface area contributed by atoms with Gasteiger partial charge in [0, 0.05) is 29.8 Å². The quantitative estimate of drug-likeness (QED) is 0.175. The van der Waals surface area contributed by atoms with Gasteiger partial charge in [-0.1, -0.05) is 29.8 Å². The van der Waals surface area contributed by atoms with Crippen molar-refractivity contribution in [2.45, 2.75) is 26.9 Å². The molecule has 1 amide bonds. The van der Waals surface area contributed by atoms with E-state index in [1.165, 1.54) is 14.0 Å². The number of aryl methyl sites for hydroxylation is 2. The van der Waals surface area contributed by atoms with E-state index in [9.17, 15) is 22.8 Å². The normalized spacial score (nSPS) is 11.2. The summed E-state index contributed by atoms with van der Waals surface area (Å²) < 4.78 is 57.3. The van der Waals surface area contributed by atoms with Crippen molar-refractivity contribution in [1.82, 2.24) is 9.78 Å². The number of ether oxygens (including phenoxy) is 3. The molecule has 0 aliphatic heterocycles. The molecule has 0 saturated heterocycles. The van der Waals surface area contributed by atoms with Crippen LogP contribution in [0.4, 0.5) is 18.9 Å². The molecular weight excluding hydrogens is 599 g/mol. The number of alkyl halides is 3. The van der Waals surface area contributed by atoms with Crippen molar-refractivity contribution in [3.05, 3.63) is 107 Å². The monoisotopic (exact) mass is 629 g/mol. The molecule has 1 N–H and O–H groups in total. The third-order valence-corrected chi connectivity index (χ3v) is 7.23. The first-order valence-corrected chi connectivity index (χ1v) is 14.1. The van der Waals surface area contributed by atoms with E-state index in [0.29, 0.717) is 45.3 Å². The van der Waals surface area contributed by atoms with Crippen LogP contribution in [0, 0.1) is 13.8 Å². The van der Waals surface area contributed by atoms with Gasteiger partial charge in [0.1, 0.15) is 17.2 Å². The molecule has 236 valence electrons. The maximum Gasteiger partial charge on any atom is 0.416 e. The molecule has 0 atom stereocenters. The molecule has 0 aliphatic carbocycles. The Balaban J connectivity index is 1.61. The number of hydrogen-bond acceptors (Lipinski definition) is 6. The number of anilines is 1. The molecule has 8 nitrogen and oxygen atoms in total.